The summed E-state index contributed by atoms with van der Waals surface area (Å²) in [6.07, 6.45) is 3.35. The van der Waals surface area contributed by atoms with E-state index in [1.54, 1.807) is 17.1 Å². The Balaban J connectivity index is 2.38. The molecule has 62 valence electrons. The van der Waals surface area contributed by atoms with E-state index in [1.165, 1.54) is 0 Å². The fourth-order valence-electron chi connectivity index (χ4n) is 1.03. The molecule has 11 heavy (non-hydrogen) atoms. The molecule has 3 heteroatoms. The molecule has 0 saturated carbocycles. The number of hydrogen-bond donors (Lipinski definition) is 0. The molecule has 0 spiro atoms. The third-order valence-corrected chi connectivity index (χ3v) is 1.63. The average Bonchev–Trinajstić information content (AvgIpc) is 2.07. The van der Waals surface area contributed by atoms with Gasteiger partial charge in [0.2, 0.25) is 5.91 Å². The number of amides is 1. The molecule has 0 N–H and O–H groups in total. The SMILES string of the molecule is C/C=C/C(=O)N1CCOCC1. The van der Waals surface area contributed by atoms with Crippen LogP contribution < -0.4 is 0 Å². The molecule has 3 nitrogen and oxygen atoms in total. The molecule has 1 aliphatic heterocycles. The molecular formula is C8H13NO2. The summed E-state index contributed by atoms with van der Waals surface area (Å²) in [6.45, 7) is 4.64. The van der Waals surface area contributed by atoms with Gasteiger partial charge in [0.15, 0.2) is 0 Å². The molecule has 0 radical (unpaired) electrons. The third-order valence-electron chi connectivity index (χ3n) is 1.63. The normalized spacial score (nSPS) is 19.2. The molecule has 0 aromatic heterocycles. The Hall–Kier alpha value is -0.830. The van der Waals surface area contributed by atoms with Crippen molar-refractivity contribution in [3.63, 3.8) is 0 Å². The standard InChI is InChI=1S/C8H13NO2/c1-2-3-8(10)9-4-6-11-7-5-9/h2-3H,4-7H2,1H3/b3-2+. The van der Waals surface area contributed by atoms with E-state index in [9.17, 15) is 4.79 Å². The fourth-order valence-corrected chi connectivity index (χ4v) is 1.03. The van der Waals surface area contributed by atoms with E-state index in [4.69, 9.17) is 4.74 Å². The molecule has 1 amide bonds. The highest BCUT2D eigenvalue weighted by molar-refractivity contribution is 5.87. The van der Waals surface area contributed by atoms with Crippen LogP contribution in [0.25, 0.3) is 0 Å². The van der Waals surface area contributed by atoms with Gasteiger partial charge in [-0.2, -0.15) is 0 Å². The lowest BCUT2D eigenvalue weighted by Crippen LogP contribution is -2.39. The van der Waals surface area contributed by atoms with Crippen LogP contribution in [0.4, 0.5) is 0 Å². The molecule has 0 aliphatic carbocycles. The summed E-state index contributed by atoms with van der Waals surface area (Å²) in [6, 6.07) is 0. The second-order valence-corrected chi connectivity index (χ2v) is 2.44. The monoisotopic (exact) mass is 155 g/mol. The minimum Gasteiger partial charge on any atom is -0.378 e. The summed E-state index contributed by atoms with van der Waals surface area (Å²) in [5, 5.41) is 0. The Morgan fingerprint density at radius 3 is 2.64 bits per heavy atom. The Bertz CT molecular complexity index is 159. The number of ether oxygens (including phenoxy) is 1. The molecule has 1 rings (SSSR count). The van der Waals surface area contributed by atoms with Gasteiger partial charge in [-0.25, -0.2) is 0 Å². The van der Waals surface area contributed by atoms with Crippen molar-refractivity contribution in [2.24, 2.45) is 0 Å². The Morgan fingerprint density at radius 2 is 2.09 bits per heavy atom. The lowest BCUT2D eigenvalue weighted by atomic mass is 10.4. The summed E-state index contributed by atoms with van der Waals surface area (Å²) >= 11 is 0. The van der Waals surface area contributed by atoms with Crippen LogP contribution in [-0.2, 0) is 9.53 Å². The molecule has 0 atom stereocenters. The Morgan fingerprint density at radius 1 is 1.45 bits per heavy atom. The predicted octanol–water partition coefficient (Wildman–Crippen LogP) is 0.421. The molecule has 1 heterocycles. The Labute approximate surface area is 66.6 Å². The summed E-state index contributed by atoms with van der Waals surface area (Å²) in [5.74, 6) is 0.0933. The van der Waals surface area contributed by atoms with Gasteiger partial charge in [-0.3, -0.25) is 4.79 Å². The van der Waals surface area contributed by atoms with Gasteiger partial charge in [0.05, 0.1) is 13.2 Å². The van der Waals surface area contributed by atoms with Gasteiger partial charge in [0.25, 0.3) is 0 Å². The highest BCUT2D eigenvalue weighted by Gasteiger charge is 2.13. The first-order valence-electron chi connectivity index (χ1n) is 3.84. The van der Waals surface area contributed by atoms with Crippen LogP contribution in [0, 0.1) is 0 Å². The van der Waals surface area contributed by atoms with Crippen molar-refractivity contribution >= 4 is 5.91 Å². The number of carbonyl (C=O) groups is 1. The van der Waals surface area contributed by atoms with E-state index in [0.717, 1.165) is 13.1 Å². The van der Waals surface area contributed by atoms with Crippen LogP contribution in [0.2, 0.25) is 0 Å². The van der Waals surface area contributed by atoms with Gasteiger partial charge < -0.3 is 9.64 Å². The molecule has 1 aliphatic rings. The molecular weight excluding hydrogens is 142 g/mol. The maximum absolute atomic E-state index is 11.2. The van der Waals surface area contributed by atoms with E-state index in [-0.39, 0.29) is 5.91 Å². The van der Waals surface area contributed by atoms with E-state index in [2.05, 4.69) is 0 Å². The smallest absolute Gasteiger partial charge is 0.246 e. The highest BCUT2D eigenvalue weighted by Crippen LogP contribution is 1.97. The number of morpholine rings is 1. The van der Waals surface area contributed by atoms with Gasteiger partial charge >= 0.3 is 0 Å². The van der Waals surface area contributed by atoms with Crippen molar-refractivity contribution in [1.82, 2.24) is 4.90 Å². The van der Waals surface area contributed by atoms with Crippen LogP contribution in [-0.4, -0.2) is 37.1 Å². The number of hydrogen-bond acceptors (Lipinski definition) is 2. The zero-order valence-corrected chi connectivity index (χ0v) is 6.75. The largest absolute Gasteiger partial charge is 0.378 e. The van der Waals surface area contributed by atoms with E-state index in [0.29, 0.717) is 13.2 Å². The number of nitrogens with zero attached hydrogens (tertiary/aromatic N) is 1. The molecule has 0 unspecified atom stereocenters. The van der Waals surface area contributed by atoms with Crippen LogP contribution in [0.3, 0.4) is 0 Å². The first-order valence-corrected chi connectivity index (χ1v) is 3.84. The first-order chi connectivity index (χ1) is 5.34. The van der Waals surface area contributed by atoms with Gasteiger partial charge in [-0.05, 0) is 13.0 Å². The summed E-state index contributed by atoms with van der Waals surface area (Å²) < 4.78 is 5.11. The minimum atomic E-state index is 0.0933. The topological polar surface area (TPSA) is 29.5 Å². The van der Waals surface area contributed by atoms with Crippen LogP contribution >= 0.6 is 0 Å². The van der Waals surface area contributed by atoms with Crippen molar-refractivity contribution in [2.75, 3.05) is 26.3 Å². The van der Waals surface area contributed by atoms with Crippen LogP contribution in [0.1, 0.15) is 6.92 Å². The average molecular weight is 155 g/mol. The van der Waals surface area contributed by atoms with Crippen LogP contribution in [0.15, 0.2) is 12.2 Å². The minimum absolute atomic E-state index is 0.0933. The third kappa shape index (κ3) is 2.35. The van der Waals surface area contributed by atoms with Crippen molar-refractivity contribution < 1.29 is 9.53 Å². The zero-order valence-electron chi connectivity index (χ0n) is 6.75. The fraction of sp³-hybridized carbons (Fsp3) is 0.625. The number of allylic oxidation sites excluding steroid dienone is 1. The van der Waals surface area contributed by atoms with Crippen molar-refractivity contribution in [3.05, 3.63) is 12.2 Å². The lowest BCUT2D eigenvalue weighted by Gasteiger charge is -2.25. The van der Waals surface area contributed by atoms with Gasteiger partial charge in [-0.1, -0.05) is 6.08 Å². The quantitative estimate of drug-likeness (QED) is 0.514. The summed E-state index contributed by atoms with van der Waals surface area (Å²) in [7, 11) is 0. The van der Waals surface area contributed by atoms with Crippen molar-refractivity contribution in [3.8, 4) is 0 Å². The lowest BCUT2D eigenvalue weighted by molar-refractivity contribution is -0.129. The second kappa shape index (κ2) is 4.13. The van der Waals surface area contributed by atoms with E-state index < -0.39 is 0 Å². The molecule has 1 fully saturated rings. The Kier molecular flexibility index (Phi) is 3.11. The van der Waals surface area contributed by atoms with Gasteiger partial charge in [-0.15, -0.1) is 0 Å². The van der Waals surface area contributed by atoms with Gasteiger partial charge in [0.1, 0.15) is 0 Å². The zero-order chi connectivity index (χ0) is 8.10. The van der Waals surface area contributed by atoms with Gasteiger partial charge in [0, 0.05) is 13.1 Å². The van der Waals surface area contributed by atoms with E-state index in [1.807, 2.05) is 6.92 Å². The molecule has 0 aromatic carbocycles. The molecule has 1 saturated heterocycles. The first kappa shape index (κ1) is 8.27. The van der Waals surface area contributed by atoms with Crippen molar-refractivity contribution in [2.45, 2.75) is 6.92 Å². The van der Waals surface area contributed by atoms with E-state index >= 15 is 0 Å². The summed E-state index contributed by atoms with van der Waals surface area (Å²) in [4.78, 5) is 13.0. The molecule has 0 aromatic rings. The van der Waals surface area contributed by atoms with Crippen LogP contribution in [0.5, 0.6) is 0 Å². The summed E-state index contributed by atoms with van der Waals surface area (Å²) in [5.41, 5.74) is 0. The number of rotatable bonds is 1. The maximum atomic E-state index is 11.2. The highest BCUT2D eigenvalue weighted by atomic mass is 16.5. The predicted molar refractivity (Wildman–Crippen MR) is 42.2 cm³/mol. The van der Waals surface area contributed by atoms with Crippen molar-refractivity contribution in [1.29, 1.82) is 0 Å². The second-order valence-electron chi connectivity index (χ2n) is 2.44. The maximum Gasteiger partial charge on any atom is 0.246 e. The number of carbonyl (C=O) groups excluding carboxylic acids is 1. The molecule has 0 bridgehead atoms.